The van der Waals surface area contributed by atoms with Crippen LogP contribution in [0.4, 0.5) is 5.82 Å². The largest absolute Gasteiger partial charge is 0.369 e. The first-order valence-electron chi connectivity index (χ1n) is 6.92. The van der Waals surface area contributed by atoms with E-state index in [-0.39, 0.29) is 0 Å². The van der Waals surface area contributed by atoms with Crippen LogP contribution in [0.2, 0.25) is 0 Å². The summed E-state index contributed by atoms with van der Waals surface area (Å²) in [7, 11) is 1.92. The average Bonchev–Trinajstić information content (AvgIpc) is 3.18. The van der Waals surface area contributed by atoms with Crippen molar-refractivity contribution in [2.75, 3.05) is 11.9 Å². The Labute approximate surface area is 127 Å². The molecule has 5 nitrogen and oxygen atoms in total. The van der Waals surface area contributed by atoms with Gasteiger partial charge in [0.2, 0.25) is 0 Å². The van der Waals surface area contributed by atoms with Crippen molar-refractivity contribution < 1.29 is 0 Å². The Morgan fingerprint density at radius 1 is 1.40 bits per heavy atom. The van der Waals surface area contributed by atoms with Crippen LogP contribution in [-0.2, 0) is 7.05 Å². The van der Waals surface area contributed by atoms with Crippen molar-refractivity contribution in [3.8, 4) is 11.4 Å². The highest BCUT2D eigenvalue weighted by atomic mass is 79.9. The van der Waals surface area contributed by atoms with Gasteiger partial charge in [-0.15, -0.1) is 0 Å². The zero-order valence-corrected chi connectivity index (χ0v) is 13.5. The molecule has 0 spiro atoms. The molecule has 1 fully saturated rings. The number of hydrogen-bond donors (Lipinski definition) is 1. The molecule has 6 heteroatoms. The minimum Gasteiger partial charge on any atom is -0.369 e. The lowest BCUT2D eigenvalue weighted by molar-refractivity contribution is 0.756. The number of hydrogen-bond acceptors (Lipinski definition) is 4. The van der Waals surface area contributed by atoms with E-state index < -0.39 is 0 Å². The van der Waals surface area contributed by atoms with E-state index in [1.165, 1.54) is 12.8 Å². The van der Waals surface area contributed by atoms with Gasteiger partial charge in [0, 0.05) is 25.7 Å². The van der Waals surface area contributed by atoms with Crippen molar-refractivity contribution in [1.29, 1.82) is 0 Å². The first kappa shape index (κ1) is 13.5. The molecule has 106 valence electrons. The summed E-state index contributed by atoms with van der Waals surface area (Å²) in [5.74, 6) is 2.21. The molecule has 0 amide bonds. The highest BCUT2D eigenvalue weighted by Gasteiger charge is 2.30. The van der Waals surface area contributed by atoms with Crippen LogP contribution in [0.15, 0.2) is 10.7 Å². The average molecular weight is 336 g/mol. The summed E-state index contributed by atoms with van der Waals surface area (Å²) in [5, 5.41) is 7.69. The SMILES string of the molecule is CCNc1nc(-c2cn(C)nc2C)nc(C2CC2)c1Br. The topological polar surface area (TPSA) is 55.6 Å². The van der Waals surface area contributed by atoms with Gasteiger partial charge < -0.3 is 5.32 Å². The minimum absolute atomic E-state index is 0.570. The molecule has 3 rings (SSSR count). The smallest absolute Gasteiger partial charge is 0.165 e. The maximum absolute atomic E-state index is 4.77. The molecule has 0 atom stereocenters. The Hall–Kier alpha value is -1.43. The number of anilines is 1. The summed E-state index contributed by atoms with van der Waals surface area (Å²) in [5.41, 5.74) is 3.08. The van der Waals surface area contributed by atoms with E-state index in [0.29, 0.717) is 5.92 Å². The molecule has 20 heavy (non-hydrogen) atoms. The van der Waals surface area contributed by atoms with E-state index in [9.17, 15) is 0 Å². The van der Waals surface area contributed by atoms with Crippen LogP contribution in [0.25, 0.3) is 11.4 Å². The van der Waals surface area contributed by atoms with E-state index in [4.69, 9.17) is 4.98 Å². The summed E-state index contributed by atoms with van der Waals surface area (Å²) in [6.07, 6.45) is 4.41. The molecule has 1 aliphatic carbocycles. The molecule has 1 N–H and O–H groups in total. The highest BCUT2D eigenvalue weighted by Crippen LogP contribution is 2.44. The fourth-order valence-electron chi connectivity index (χ4n) is 2.32. The second-order valence-electron chi connectivity index (χ2n) is 5.20. The molecular weight excluding hydrogens is 318 g/mol. The van der Waals surface area contributed by atoms with Gasteiger partial charge in [0.25, 0.3) is 0 Å². The van der Waals surface area contributed by atoms with Crippen LogP contribution in [-0.4, -0.2) is 26.3 Å². The number of nitrogens with one attached hydrogen (secondary N) is 1. The van der Waals surface area contributed by atoms with Crippen molar-refractivity contribution in [1.82, 2.24) is 19.7 Å². The van der Waals surface area contributed by atoms with Gasteiger partial charge in [-0.05, 0) is 42.6 Å². The van der Waals surface area contributed by atoms with E-state index in [1.54, 1.807) is 4.68 Å². The third-order valence-electron chi connectivity index (χ3n) is 3.44. The molecule has 0 radical (unpaired) electrons. The van der Waals surface area contributed by atoms with Crippen molar-refractivity contribution in [2.24, 2.45) is 7.05 Å². The third kappa shape index (κ3) is 2.44. The lowest BCUT2D eigenvalue weighted by Crippen LogP contribution is -2.06. The van der Waals surface area contributed by atoms with Crippen molar-refractivity contribution in [2.45, 2.75) is 32.6 Å². The van der Waals surface area contributed by atoms with Crippen LogP contribution in [0.3, 0.4) is 0 Å². The quantitative estimate of drug-likeness (QED) is 0.931. The first-order chi connectivity index (χ1) is 9.60. The molecule has 2 aromatic heterocycles. The van der Waals surface area contributed by atoms with Gasteiger partial charge >= 0.3 is 0 Å². The number of aryl methyl sites for hydroxylation is 2. The normalized spacial score (nSPS) is 14.6. The zero-order valence-electron chi connectivity index (χ0n) is 11.9. The molecule has 2 aromatic rings. The van der Waals surface area contributed by atoms with E-state index in [0.717, 1.165) is 39.6 Å². The fourth-order valence-corrected chi connectivity index (χ4v) is 2.96. The van der Waals surface area contributed by atoms with Gasteiger partial charge in [-0.1, -0.05) is 0 Å². The van der Waals surface area contributed by atoms with Gasteiger partial charge in [-0.2, -0.15) is 5.10 Å². The van der Waals surface area contributed by atoms with Crippen molar-refractivity contribution in [3.05, 3.63) is 22.1 Å². The predicted octanol–water partition coefficient (Wildman–Crippen LogP) is 3.26. The molecule has 0 aliphatic heterocycles. The fraction of sp³-hybridized carbons (Fsp3) is 0.500. The monoisotopic (exact) mass is 335 g/mol. The summed E-state index contributed by atoms with van der Waals surface area (Å²) >= 11 is 3.64. The second kappa shape index (κ2) is 5.16. The zero-order chi connectivity index (χ0) is 14.3. The van der Waals surface area contributed by atoms with Crippen molar-refractivity contribution in [3.63, 3.8) is 0 Å². The lowest BCUT2D eigenvalue weighted by atomic mass is 10.2. The van der Waals surface area contributed by atoms with Gasteiger partial charge in [-0.3, -0.25) is 4.68 Å². The Balaban J connectivity index is 2.12. The Kier molecular flexibility index (Phi) is 3.50. The van der Waals surface area contributed by atoms with Gasteiger partial charge in [0.15, 0.2) is 5.82 Å². The molecule has 1 saturated carbocycles. The Morgan fingerprint density at radius 3 is 2.70 bits per heavy atom. The van der Waals surface area contributed by atoms with Crippen LogP contribution in [0, 0.1) is 6.92 Å². The van der Waals surface area contributed by atoms with Crippen LogP contribution in [0.1, 0.15) is 37.1 Å². The number of aromatic nitrogens is 4. The predicted molar refractivity (Wildman–Crippen MR) is 82.8 cm³/mol. The Morgan fingerprint density at radius 2 is 2.15 bits per heavy atom. The number of nitrogens with zero attached hydrogens (tertiary/aromatic N) is 4. The molecule has 0 unspecified atom stereocenters. The van der Waals surface area contributed by atoms with Crippen LogP contribution < -0.4 is 5.32 Å². The van der Waals surface area contributed by atoms with Crippen molar-refractivity contribution >= 4 is 21.7 Å². The molecular formula is C14H18BrN5. The summed E-state index contributed by atoms with van der Waals surface area (Å²) in [4.78, 5) is 9.43. The number of rotatable bonds is 4. The maximum atomic E-state index is 4.77. The second-order valence-corrected chi connectivity index (χ2v) is 5.99. The minimum atomic E-state index is 0.570. The molecule has 2 heterocycles. The van der Waals surface area contributed by atoms with Crippen LogP contribution >= 0.6 is 15.9 Å². The maximum Gasteiger partial charge on any atom is 0.165 e. The van der Waals surface area contributed by atoms with E-state index in [2.05, 4.69) is 38.3 Å². The highest BCUT2D eigenvalue weighted by molar-refractivity contribution is 9.10. The summed E-state index contributed by atoms with van der Waals surface area (Å²) in [6, 6.07) is 0. The van der Waals surface area contributed by atoms with E-state index in [1.807, 2.05) is 20.2 Å². The van der Waals surface area contributed by atoms with E-state index >= 15 is 0 Å². The molecule has 0 bridgehead atoms. The summed E-state index contributed by atoms with van der Waals surface area (Å²) in [6.45, 7) is 4.90. The lowest BCUT2D eigenvalue weighted by Gasteiger charge is -2.11. The van der Waals surface area contributed by atoms with Gasteiger partial charge in [0.1, 0.15) is 5.82 Å². The first-order valence-corrected chi connectivity index (χ1v) is 7.71. The Bertz CT molecular complexity index is 645. The molecule has 1 aliphatic rings. The van der Waals surface area contributed by atoms with Crippen LogP contribution in [0.5, 0.6) is 0 Å². The number of halogens is 1. The molecule has 0 aromatic carbocycles. The standard InChI is InChI=1S/C14H18BrN5/c1-4-16-14-11(15)12(9-5-6-9)17-13(18-14)10-7-20(3)19-8(10)2/h7,9H,4-6H2,1-3H3,(H,16,17,18). The summed E-state index contributed by atoms with van der Waals surface area (Å²) < 4.78 is 2.81. The van der Waals surface area contributed by atoms with Gasteiger partial charge in [0.05, 0.1) is 21.4 Å². The molecule has 0 saturated heterocycles. The third-order valence-corrected chi connectivity index (χ3v) is 4.22. The van der Waals surface area contributed by atoms with Gasteiger partial charge in [-0.25, -0.2) is 9.97 Å².